The third kappa shape index (κ3) is 5.09. The zero-order valence-electron chi connectivity index (χ0n) is 29.2. The molecule has 0 spiro atoms. The van der Waals surface area contributed by atoms with Crippen LogP contribution in [0, 0.1) is 0 Å². The van der Waals surface area contributed by atoms with E-state index in [2.05, 4.69) is 162 Å². The molecule has 2 unspecified atom stereocenters. The molecule has 2 atom stereocenters. The minimum atomic E-state index is -0.424. The normalized spacial score (nSPS) is 16.0. The Hall–Kier alpha value is -6.95. The van der Waals surface area contributed by atoms with Crippen LogP contribution in [0.25, 0.3) is 76.9 Å². The van der Waals surface area contributed by atoms with Gasteiger partial charge in [-0.15, -0.1) is 0 Å². The molecule has 0 amide bonds. The zero-order chi connectivity index (χ0) is 35.6. The number of nitrogens with zero attached hydrogens (tertiary/aromatic N) is 1. The SMILES string of the molecule is c1ccc(-c2ccc(C3=NC(c4cc(-c5ccccc5)cc5oc6cc7ccccc7cc6c45)NC(c4cccc5oc6ccccc6c45)N3)cc2)cc1. The van der Waals surface area contributed by atoms with Crippen LogP contribution in [0.4, 0.5) is 0 Å². The van der Waals surface area contributed by atoms with Crippen molar-refractivity contribution in [3.8, 4) is 22.3 Å². The number of rotatable bonds is 5. The van der Waals surface area contributed by atoms with Crippen molar-refractivity contribution in [3.05, 3.63) is 193 Å². The van der Waals surface area contributed by atoms with Crippen LogP contribution in [0.1, 0.15) is 29.0 Å². The van der Waals surface area contributed by atoms with Gasteiger partial charge in [0, 0.05) is 38.2 Å². The molecule has 256 valence electrons. The van der Waals surface area contributed by atoms with Gasteiger partial charge in [0.2, 0.25) is 0 Å². The van der Waals surface area contributed by atoms with Gasteiger partial charge >= 0.3 is 0 Å². The molecule has 0 fully saturated rings. The number of aliphatic imine (C=N–C) groups is 1. The number of fused-ring (bicyclic) bond motifs is 7. The smallest absolute Gasteiger partial charge is 0.136 e. The third-order valence-corrected chi connectivity index (χ3v) is 10.7. The van der Waals surface area contributed by atoms with Crippen LogP contribution in [0.2, 0.25) is 0 Å². The van der Waals surface area contributed by atoms with Crippen LogP contribution >= 0.6 is 0 Å². The van der Waals surface area contributed by atoms with Gasteiger partial charge in [-0.05, 0) is 69.4 Å². The zero-order valence-corrected chi connectivity index (χ0v) is 29.2. The summed E-state index contributed by atoms with van der Waals surface area (Å²) in [4.78, 5) is 5.49. The first-order valence-electron chi connectivity index (χ1n) is 18.3. The van der Waals surface area contributed by atoms with Gasteiger partial charge in [-0.2, -0.15) is 0 Å². The van der Waals surface area contributed by atoms with Gasteiger partial charge in [-0.25, -0.2) is 4.99 Å². The van der Waals surface area contributed by atoms with Crippen LogP contribution < -0.4 is 10.6 Å². The molecule has 0 aliphatic carbocycles. The highest BCUT2D eigenvalue weighted by atomic mass is 16.3. The van der Waals surface area contributed by atoms with Crippen molar-refractivity contribution < 1.29 is 8.83 Å². The molecule has 1 aliphatic heterocycles. The molecule has 0 bridgehead atoms. The van der Waals surface area contributed by atoms with Crippen molar-refractivity contribution in [1.29, 1.82) is 0 Å². The van der Waals surface area contributed by atoms with Crippen LogP contribution in [0.15, 0.2) is 190 Å². The largest absolute Gasteiger partial charge is 0.456 e. The van der Waals surface area contributed by atoms with Crippen LogP contribution in [-0.4, -0.2) is 5.84 Å². The molecule has 0 saturated heterocycles. The van der Waals surface area contributed by atoms with Crippen LogP contribution in [0.3, 0.4) is 0 Å². The topological polar surface area (TPSA) is 62.7 Å². The van der Waals surface area contributed by atoms with E-state index in [4.69, 9.17) is 13.8 Å². The van der Waals surface area contributed by atoms with E-state index in [1.807, 2.05) is 24.3 Å². The quantitative estimate of drug-likeness (QED) is 0.188. The first-order chi connectivity index (χ1) is 26.7. The molecule has 8 aromatic carbocycles. The maximum absolute atomic E-state index is 6.72. The molecular weight excluding hydrogens is 663 g/mol. The van der Waals surface area contributed by atoms with Gasteiger partial charge in [0.15, 0.2) is 0 Å². The molecule has 0 saturated carbocycles. The van der Waals surface area contributed by atoms with E-state index >= 15 is 0 Å². The molecule has 2 aromatic heterocycles. The Bertz CT molecular complexity index is 3050. The number of amidine groups is 1. The molecule has 54 heavy (non-hydrogen) atoms. The van der Waals surface area contributed by atoms with Crippen molar-refractivity contribution in [2.45, 2.75) is 12.3 Å². The Morgan fingerprint density at radius 3 is 1.81 bits per heavy atom. The summed E-state index contributed by atoms with van der Waals surface area (Å²) in [5.74, 6) is 0.810. The van der Waals surface area contributed by atoms with Gasteiger partial charge in [-0.1, -0.05) is 140 Å². The average molecular weight is 696 g/mol. The summed E-state index contributed by atoms with van der Waals surface area (Å²) in [6.07, 6.45) is -0.720. The van der Waals surface area contributed by atoms with E-state index in [1.54, 1.807) is 0 Å². The Morgan fingerprint density at radius 1 is 0.407 bits per heavy atom. The average Bonchev–Trinajstić information content (AvgIpc) is 3.81. The minimum absolute atomic E-state index is 0.296. The maximum Gasteiger partial charge on any atom is 0.136 e. The van der Waals surface area contributed by atoms with E-state index in [0.29, 0.717) is 0 Å². The highest BCUT2D eigenvalue weighted by Crippen LogP contribution is 2.42. The Balaban J connectivity index is 1.14. The Labute approximate surface area is 311 Å². The molecule has 11 rings (SSSR count). The second kappa shape index (κ2) is 12.3. The van der Waals surface area contributed by atoms with Crippen molar-refractivity contribution >= 4 is 60.5 Å². The summed E-state index contributed by atoms with van der Waals surface area (Å²) in [6.45, 7) is 0. The number of nitrogens with one attached hydrogen (secondary N) is 2. The summed E-state index contributed by atoms with van der Waals surface area (Å²) in [7, 11) is 0. The molecule has 10 aromatic rings. The third-order valence-electron chi connectivity index (χ3n) is 10.7. The predicted molar refractivity (Wildman–Crippen MR) is 221 cm³/mol. The highest BCUT2D eigenvalue weighted by molar-refractivity contribution is 6.13. The van der Waals surface area contributed by atoms with Gasteiger partial charge in [0.25, 0.3) is 0 Å². The first-order valence-corrected chi connectivity index (χ1v) is 18.3. The predicted octanol–water partition coefficient (Wildman–Crippen LogP) is 12.3. The second-order valence-corrected chi connectivity index (χ2v) is 14.0. The van der Waals surface area contributed by atoms with E-state index in [9.17, 15) is 0 Å². The number of furan rings is 2. The number of hydrogen-bond acceptors (Lipinski definition) is 5. The van der Waals surface area contributed by atoms with Gasteiger partial charge in [-0.3, -0.25) is 5.32 Å². The van der Waals surface area contributed by atoms with Crippen LogP contribution in [-0.2, 0) is 0 Å². The fourth-order valence-electron chi connectivity index (χ4n) is 8.15. The minimum Gasteiger partial charge on any atom is -0.456 e. The fourth-order valence-corrected chi connectivity index (χ4v) is 8.15. The number of hydrogen-bond donors (Lipinski definition) is 2. The first kappa shape index (κ1) is 30.7. The summed E-state index contributed by atoms with van der Waals surface area (Å²) < 4.78 is 13.1. The van der Waals surface area contributed by atoms with Gasteiger partial charge in [0.05, 0.1) is 0 Å². The summed E-state index contributed by atoms with van der Waals surface area (Å²) in [6, 6.07) is 61.5. The molecule has 5 nitrogen and oxygen atoms in total. The molecular formula is C49H33N3O2. The fraction of sp³-hybridized carbons (Fsp3) is 0.0408. The van der Waals surface area contributed by atoms with Crippen molar-refractivity contribution in [1.82, 2.24) is 10.6 Å². The van der Waals surface area contributed by atoms with Crippen LogP contribution in [0.5, 0.6) is 0 Å². The number of benzene rings is 8. The van der Waals surface area contributed by atoms with Crippen molar-refractivity contribution in [2.24, 2.45) is 4.99 Å². The standard InChI is InChI=1S/C49H33N3O2/c1-3-12-30(13-4-1)32-22-24-33(25-23-32)47-50-48(38-19-11-21-42-45(38)37-18-9-10-20-41(37)53-42)52-49(51-47)40-27-36(31-14-5-2-6-15-31)29-44-46(40)39-26-34-16-7-8-17-35(34)28-43(39)54-44/h1-29,48-49,52H,(H,50,51). The lowest BCUT2D eigenvalue weighted by Gasteiger charge is -2.33. The second-order valence-electron chi connectivity index (χ2n) is 14.0. The lowest BCUT2D eigenvalue weighted by atomic mass is 9.95. The summed E-state index contributed by atoms with van der Waals surface area (Å²) in [5, 5.41) is 14.4. The molecule has 0 radical (unpaired) electrons. The monoisotopic (exact) mass is 695 g/mol. The molecule has 2 N–H and O–H groups in total. The van der Waals surface area contributed by atoms with E-state index in [0.717, 1.165) is 88.5 Å². The molecule has 1 aliphatic rings. The van der Waals surface area contributed by atoms with E-state index < -0.39 is 6.17 Å². The van der Waals surface area contributed by atoms with Crippen molar-refractivity contribution in [2.75, 3.05) is 0 Å². The van der Waals surface area contributed by atoms with E-state index in [-0.39, 0.29) is 6.17 Å². The van der Waals surface area contributed by atoms with Gasteiger partial charge in [0.1, 0.15) is 40.5 Å². The summed E-state index contributed by atoms with van der Waals surface area (Å²) >= 11 is 0. The lowest BCUT2D eigenvalue weighted by molar-refractivity contribution is 0.412. The summed E-state index contributed by atoms with van der Waals surface area (Å²) in [5.41, 5.74) is 11.1. The van der Waals surface area contributed by atoms with Gasteiger partial charge < -0.3 is 14.2 Å². The maximum atomic E-state index is 6.72. The Morgan fingerprint density at radius 2 is 1.02 bits per heavy atom. The Kier molecular flexibility index (Phi) is 7.00. The molecule has 3 heterocycles. The molecule has 5 heteroatoms. The van der Waals surface area contributed by atoms with Crippen molar-refractivity contribution in [3.63, 3.8) is 0 Å². The van der Waals surface area contributed by atoms with E-state index in [1.165, 1.54) is 10.9 Å². The lowest BCUT2D eigenvalue weighted by Crippen LogP contribution is -2.45. The highest BCUT2D eigenvalue weighted by Gasteiger charge is 2.30. The number of para-hydroxylation sites is 1.